The van der Waals surface area contributed by atoms with Gasteiger partial charge in [0.25, 0.3) is 10.2 Å². The van der Waals surface area contributed by atoms with Crippen LogP contribution in [0.15, 0.2) is 0 Å². The molecule has 1 saturated heterocycles. The van der Waals surface area contributed by atoms with E-state index in [4.69, 9.17) is 0 Å². The molecule has 2 unspecified atom stereocenters. The lowest BCUT2D eigenvalue weighted by Crippen LogP contribution is -2.53. The molecule has 0 aromatic heterocycles. The molecule has 1 aliphatic heterocycles. The summed E-state index contributed by atoms with van der Waals surface area (Å²) in [5, 5.41) is 3.84. The molecule has 21 heavy (non-hydrogen) atoms. The van der Waals surface area contributed by atoms with E-state index in [9.17, 15) is 8.42 Å². The third-order valence-corrected chi connectivity index (χ3v) is 6.59. The summed E-state index contributed by atoms with van der Waals surface area (Å²) in [6.45, 7) is 8.19. The van der Waals surface area contributed by atoms with Crippen molar-refractivity contribution in [1.82, 2.24) is 14.3 Å². The fourth-order valence-corrected chi connectivity index (χ4v) is 4.30. The molecule has 1 heterocycles. The molecule has 0 spiro atoms. The van der Waals surface area contributed by atoms with Gasteiger partial charge in [-0.2, -0.15) is 24.5 Å². The maximum atomic E-state index is 12.5. The van der Waals surface area contributed by atoms with Crippen LogP contribution in [0.3, 0.4) is 0 Å². The molecule has 1 aliphatic rings. The van der Waals surface area contributed by atoms with Gasteiger partial charge in [-0.3, -0.25) is 0 Å². The summed E-state index contributed by atoms with van der Waals surface area (Å²) >= 11 is 1.76. The van der Waals surface area contributed by atoms with Crippen molar-refractivity contribution >= 4 is 22.0 Å². The van der Waals surface area contributed by atoms with E-state index in [0.29, 0.717) is 24.4 Å². The van der Waals surface area contributed by atoms with Gasteiger partial charge in [0.1, 0.15) is 0 Å². The Bertz CT molecular complexity index is 388. The summed E-state index contributed by atoms with van der Waals surface area (Å²) in [4.78, 5) is 0. The molecule has 1 rings (SSSR count). The first-order valence-electron chi connectivity index (χ1n) is 7.89. The molecule has 0 radical (unpaired) electrons. The maximum Gasteiger partial charge on any atom is 0.279 e. The van der Waals surface area contributed by atoms with Gasteiger partial charge in [0.15, 0.2) is 0 Å². The van der Waals surface area contributed by atoms with E-state index in [1.54, 1.807) is 16.1 Å². The average molecular weight is 338 g/mol. The third-order valence-electron chi connectivity index (χ3n) is 3.88. The van der Waals surface area contributed by atoms with E-state index in [1.165, 1.54) is 0 Å². The molecule has 126 valence electrons. The summed E-state index contributed by atoms with van der Waals surface area (Å²) in [6, 6.07) is 0.462. The second kappa shape index (κ2) is 9.35. The van der Waals surface area contributed by atoms with E-state index in [0.717, 1.165) is 32.2 Å². The highest BCUT2D eigenvalue weighted by atomic mass is 32.2. The summed E-state index contributed by atoms with van der Waals surface area (Å²) in [7, 11) is -3.35. The van der Waals surface area contributed by atoms with Crippen molar-refractivity contribution in [2.24, 2.45) is 0 Å². The molecule has 1 fully saturated rings. The van der Waals surface area contributed by atoms with Crippen LogP contribution in [0.4, 0.5) is 0 Å². The fourth-order valence-electron chi connectivity index (χ4n) is 2.46. The Kier molecular flexibility index (Phi) is 8.56. The SMILES string of the molecule is CSC(C)CCNS(=O)(=O)N1CCCCC1CNC(C)C. The number of nitrogens with zero attached hydrogens (tertiary/aromatic N) is 1. The Morgan fingerprint density at radius 3 is 2.62 bits per heavy atom. The van der Waals surface area contributed by atoms with Gasteiger partial charge in [0, 0.05) is 37.0 Å². The minimum absolute atomic E-state index is 0.0802. The Morgan fingerprint density at radius 2 is 2.00 bits per heavy atom. The number of thioether (sulfide) groups is 1. The smallest absolute Gasteiger partial charge is 0.279 e. The van der Waals surface area contributed by atoms with E-state index in [2.05, 4.69) is 37.1 Å². The Labute approximate surface area is 134 Å². The van der Waals surface area contributed by atoms with Gasteiger partial charge in [-0.25, -0.2) is 4.72 Å². The van der Waals surface area contributed by atoms with E-state index in [-0.39, 0.29) is 6.04 Å². The molecule has 7 heteroatoms. The number of rotatable bonds is 9. The molecular weight excluding hydrogens is 306 g/mol. The van der Waals surface area contributed by atoms with Crippen molar-refractivity contribution in [3.8, 4) is 0 Å². The Balaban J connectivity index is 2.55. The minimum atomic E-state index is -3.35. The molecule has 0 aromatic rings. The zero-order chi connectivity index (χ0) is 15.9. The summed E-state index contributed by atoms with van der Waals surface area (Å²) in [6.07, 6.45) is 5.93. The molecule has 2 N–H and O–H groups in total. The molecule has 0 aliphatic carbocycles. The highest BCUT2D eigenvalue weighted by Gasteiger charge is 2.31. The lowest BCUT2D eigenvalue weighted by molar-refractivity contribution is 0.239. The van der Waals surface area contributed by atoms with Crippen LogP contribution in [0, 0.1) is 0 Å². The van der Waals surface area contributed by atoms with Crippen molar-refractivity contribution in [1.29, 1.82) is 0 Å². The van der Waals surface area contributed by atoms with Gasteiger partial charge in [0.05, 0.1) is 0 Å². The normalized spacial score (nSPS) is 22.6. The first-order valence-corrected chi connectivity index (χ1v) is 10.6. The molecular formula is C14H31N3O2S2. The van der Waals surface area contributed by atoms with Crippen LogP contribution in [0.1, 0.15) is 46.5 Å². The van der Waals surface area contributed by atoms with Crippen molar-refractivity contribution in [3.05, 3.63) is 0 Å². The standard InChI is InChI=1S/C14H31N3O2S2/c1-12(2)15-11-14-7-5-6-10-17(14)21(18,19)16-9-8-13(3)20-4/h12-16H,5-11H2,1-4H3. The average Bonchev–Trinajstić information content (AvgIpc) is 2.45. The topological polar surface area (TPSA) is 61.4 Å². The van der Waals surface area contributed by atoms with Crippen LogP contribution in [0.25, 0.3) is 0 Å². The van der Waals surface area contributed by atoms with Crippen molar-refractivity contribution < 1.29 is 8.42 Å². The van der Waals surface area contributed by atoms with Crippen LogP contribution in [-0.2, 0) is 10.2 Å². The van der Waals surface area contributed by atoms with Crippen molar-refractivity contribution in [2.45, 2.75) is 63.8 Å². The molecule has 0 aromatic carbocycles. The molecule has 5 nitrogen and oxygen atoms in total. The maximum absolute atomic E-state index is 12.5. The lowest BCUT2D eigenvalue weighted by Gasteiger charge is -2.35. The highest BCUT2D eigenvalue weighted by molar-refractivity contribution is 7.99. The monoisotopic (exact) mass is 337 g/mol. The summed E-state index contributed by atoms with van der Waals surface area (Å²) < 4.78 is 29.4. The van der Waals surface area contributed by atoms with Gasteiger partial charge in [-0.05, 0) is 25.5 Å². The summed E-state index contributed by atoms with van der Waals surface area (Å²) in [5.41, 5.74) is 0. The molecule has 0 saturated carbocycles. The van der Waals surface area contributed by atoms with Crippen molar-refractivity contribution in [3.63, 3.8) is 0 Å². The Hall–Kier alpha value is 0.180. The van der Waals surface area contributed by atoms with Gasteiger partial charge in [-0.15, -0.1) is 0 Å². The first kappa shape index (κ1) is 19.2. The van der Waals surface area contributed by atoms with Crippen LogP contribution < -0.4 is 10.0 Å². The van der Waals surface area contributed by atoms with Crippen LogP contribution in [0.5, 0.6) is 0 Å². The zero-order valence-corrected chi connectivity index (χ0v) is 15.4. The quantitative estimate of drug-likeness (QED) is 0.674. The number of nitrogens with one attached hydrogen (secondary N) is 2. The zero-order valence-electron chi connectivity index (χ0n) is 13.8. The predicted octanol–water partition coefficient (Wildman–Crippen LogP) is 1.81. The van der Waals surface area contributed by atoms with Crippen LogP contribution in [-0.4, -0.2) is 55.9 Å². The van der Waals surface area contributed by atoms with Crippen molar-refractivity contribution in [2.75, 3.05) is 25.9 Å². The van der Waals surface area contributed by atoms with Gasteiger partial charge in [-0.1, -0.05) is 27.2 Å². The summed E-state index contributed by atoms with van der Waals surface area (Å²) in [5.74, 6) is 0. The largest absolute Gasteiger partial charge is 0.313 e. The van der Waals surface area contributed by atoms with Crippen LogP contribution >= 0.6 is 11.8 Å². The second-order valence-corrected chi connectivity index (χ2v) is 9.04. The Morgan fingerprint density at radius 1 is 1.29 bits per heavy atom. The molecule has 0 amide bonds. The number of piperidine rings is 1. The molecule has 0 bridgehead atoms. The second-order valence-electron chi connectivity index (χ2n) is 6.06. The highest BCUT2D eigenvalue weighted by Crippen LogP contribution is 2.19. The van der Waals surface area contributed by atoms with Gasteiger partial charge >= 0.3 is 0 Å². The lowest BCUT2D eigenvalue weighted by atomic mass is 10.0. The van der Waals surface area contributed by atoms with Gasteiger partial charge < -0.3 is 5.32 Å². The van der Waals surface area contributed by atoms with E-state index in [1.807, 2.05) is 0 Å². The van der Waals surface area contributed by atoms with E-state index < -0.39 is 10.2 Å². The minimum Gasteiger partial charge on any atom is -0.313 e. The predicted molar refractivity (Wildman–Crippen MR) is 92.0 cm³/mol. The van der Waals surface area contributed by atoms with Gasteiger partial charge in [0.2, 0.25) is 0 Å². The number of hydrogen-bond donors (Lipinski definition) is 2. The van der Waals surface area contributed by atoms with E-state index >= 15 is 0 Å². The third kappa shape index (κ3) is 6.86. The van der Waals surface area contributed by atoms with Crippen LogP contribution in [0.2, 0.25) is 0 Å². The fraction of sp³-hybridized carbons (Fsp3) is 1.00. The number of hydrogen-bond acceptors (Lipinski definition) is 4. The first-order chi connectivity index (χ1) is 9.86. The molecule has 2 atom stereocenters.